The zero-order valence-corrected chi connectivity index (χ0v) is 17.8. The standard InChI is InChI=1S/C23H21ClN2O3S/c24-20-7-4-8-21(16-20)25-23(27)19-6-3-5-18(15-19)17-9-11-22(12-10-17)30(28,29)26-13-1-2-14-26/h3-12,15-16H,1-2,13-14H2,(H,25,27). The lowest BCUT2D eigenvalue weighted by atomic mass is 10.0. The first-order valence-corrected chi connectivity index (χ1v) is 11.5. The summed E-state index contributed by atoms with van der Waals surface area (Å²) in [5, 5.41) is 3.38. The van der Waals surface area contributed by atoms with Gasteiger partial charge >= 0.3 is 0 Å². The molecule has 1 heterocycles. The van der Waals surface area contributed by atoms with Crippen molar-refractivity contribution in [3.05, 3.63) is 83.4 Å². The van der Waals surface area contributed by atoms with Crippen molar-refractivity contribution in [2.24, 2.45) is 0 Å². The van der Waals surface area contributed by atoms with Gasteiger partial charge in [0.15, 0.2) is 0 Å². The first-order chi connectivity index (χ1) is 14.4. The molecule has 1 N–H and O–H groups in total. The number of hydrogen-bond acceptors (Lipinski definition) is 3. The minimum Gasteiger partial charge on any atom is -0.322 e. The van der Waals surface area contributed by atoms with Gasteiger partial charge in [0.2, 0.25) is 10.0 Å². The molecule has 1 fully saturated rings. The molecule has 154 valence electrons. The Balaban J connectivity index is 1.54. The van der Waals surface area contributed by atoms with Gasteiger partial charge in [-0.3, -0.25) is 4.79 Å². The van der Waals surface area contributed by atoms with E-state index in [0.29, 0.717) is 34.3 Å². The number of halogens is 1. The average Bonchev–Trinajstić information content (AvgIpc) is 3.30. The van der Waals surface area contributed by atoms with E-state index in [1.807, 2.05) is 6.07 Å². The summed E-state index contributed by atoms with van der Waals surface area (Å²) in [5.41, 5.74) is 2.79. The molecule has 3 aromatic rings. The van der Waals surface area contributed by atoms with E-state index < -0.39 is 10.0 Å². The number of carbonyl (C=O) groups is 1. The molecule has 0 atom stereocenters. The predicted molar refractivity (Wildman–Crippen MR) is 119 cm³/mol. The van der Waals surface area contributed by atoms with Crippen LogP contribution in [0.2, 0.25) is 5.02 Å². The van der Waals surface area contributed by atoms with Gasteiger partial charge in [-0.15, -0.1) is 0 Å². The molecule has 30 heavy (non-hydrogen) atoms. The maximum absolute atomic E-state index is 12.7. The Morgan fingerprint density at radius 2 is 1.57 bits per heavy atom. The molecule has 1 amide bonds. The van der Waals surface area contributed by atoms with Crippen LogP contribution in [0.15, 0.2) is 77.7 Å². The van der Waals surface area contributed by atoms with Gasteiger partial charge in [0.1, 0.15) is 0 Å². The summed E-state index contributed by atoms with van der Waals surface area (Å²) in [7, 11) is -3.44. The van der Waals surface area contributed by atoms with E-state index in [4.69, 9.17) is 11.6 Å². The van der Waals surface area contributed by atoms with Gasteiger partial charge in [-0.25, -0.2) is 8.42 Å². The van der Waals surface area contributed by atoms with E-state index in [1.165, 1.54) is 4.31 Å². The van der Waals surface area contributed by atoms with Gasteiger partial charge in [-0.05, 0) is 66.4 Å². The van der Waals surface area contributed by atoms with Crippen LogP contribution in [0.4, 0.5) is 5.69 Å². The maximum atomic E-state index is 12.7. The lowest BCUT2D eigenvalue weighted by Gasteiger charge is -2.15. The monoisotopic (exact) mass is 440 g/mol. The van der Waals surface area contributed by atoms with Crippen molar-refractivity contribution in [2.45, 2.75) is 17.7 Å². The van der Waals surface area contributed by atoms with Crippen LogP contribution in [0.1, 0.15) is 23.2 Å². The number of nitrogens with zero attached hydrogens (tertiary/aromatic N) is 1. The lowest BCUT2D eigenvalue weighted by molar-refractivity contribution is 0.102. The molecule has 1 saturated heterocycles. The highest BCUT2D eigenvalue weighted by atomic mass is 35.5. The van der Waals surface area contributed by atoms with Crippen molar-refractivity contribution >= 4 is 33.2 Å². The average molecular weight is 441 g/mol. The summed E-state index contributed by atoms with van der Waals surface area (Å²) in [6.45, 7) is 1.15. The highest BCUT2D eigenvalue weighted by Crippen LogP contribution is 2.26. The molecule has 7 heteroatoms. The molecule has 1 aliphatic rings. The third-order valence-corrected chi connectivity index (χ3v) is 7.25. The van der Waals surface area contributed by atoms with E-state index in [1.54, 1.807) is 66.7 Å². The molecule has 0 aliphatic carbocycles. The van der Waals surface area contributed by atoms with Gasteiger partial charge in [-0.2, -0.15) is 4.31 Å². The normalized spacial score (nSPS) is 14.6. The highest BCUT2D eigenvalue weighted by Gasteiger charge is 2.26. The summed E-state index contributed by atoms with van der Waals surface area (Å²) >= 11 is 5.97. The summed E-state index contributed by atoms with van der Waals surface area (Å²) in [6.07, 6.45) is 1.81. The minimum atomic E-state index is -3.44. The first-order valence-electron chi connectivity index (χ1n) is 9.71. The van der Waals surface area contributed by atoms with E-state index >= 15 is 0 Å². The molecule has 5 nitrogen and oxygen atoms in total. The van der Waals surface area contributed by atoms with Gasteiger partial charge in [-0.1, -0.05) is 41.9 Å². The number of hydrogen-bond donors (Lipinski definition) is 1. The van der Waals surface area contributed by atoms with Crippen molar-refractivity contribution in [3.63, 3.8) is 0 Å². The van der Waals surface area contributed by atoms with Gasteiger partial charge < -0.3 is 5.32 Å². The van der Waals surface area contributed by atoms with Crippen molar-refractivity contribution in [2.75, 3.05) is 18.4 Å². The molecule has 4 rings (SSSR count). The molecule has 0 unspecified atom stereocenters. The number of sulfonamides is 1. The van der Waals surface area contributed by atoms with E-state index in [9.17, 15) is 13.2 Å². The second-order valence-electron chi connectivity index (χ2n) is 7.18. The van der Waals surface area contributed by atoms with Crippen LogP contribution in [-0.4, -0.2) is 31.7 Å². The second-order valence-corrected chi connectivity index (χ2v) is 9.56. The lowest BCUT2D eigenvalue weighted by Crippen LogP contribution is -2.27. The van der Waals surface area contributed by atoms with E-state index in [-0.39, 0.29) is 5.91 Å². The SMILES string of the molecule is O=C(Nc1cccc(Cl)c1)c1cccc(-c2ccc(S(=O)(=O)N3CCCC3)cc2)c1. The zero-order chi connectivity index (χ0) is 21.1. The van der Waals surface area contributed by atoms with E-state index in [2.05, 4.69) is 5.32 Å². The minimum absolute atomic E-state index is 0.243. The van der Waals surface area contributed by atoms with Crippen molar-refractivity contribution in [1.29, 1.82) is 0 Å². The summed E-state index contributed by atoms with van der Waals surface area (Å²) in [4.78, 5) is 12.9. The van der Waals surface area contributed by atoms with Crippen molar-refractivity contribution in [3.8, 4) is 11.1 Å². The molecular formula is C23H21ClN2O3S. The van der Waals surface area contributed by atoms with Crippen LogP contribution in [0.3, 0.4) is 0 Å². The third-order valence-electron chi connectivity index (χ3n) is 5.10. The maximum Gasteiger partial charge on any atom is 0.255 e. The Labute approximate surface area is 181 Å². The number of benzene rings is 3. The van der Waals surface area contributed by atoms with Crippen LogP contribution in [-0.2, 0) is 10.0 Å². The molecule has 1 aliphatic heterocycles. The summed E-state index contributed by atoms with van der Waals surface area (Å²) in [6, 6.07) is 21.0. The largest absolute Gasteiger partial charge is 0.322 e. The van der Waals surface area contributed by atoms with Gasteiger partial charge in [0, 0.05) is 29.4 Å². The molecule has 0 bridgehead atoms. The molecule has 3 aromatic carbocycles. The summed E-state index contributed by atoms with van der Waals surface area (Å²) < 4.78 is 26.9. The van der Waals surface area contributed by atoms with Crippen LogP contribution in [0.25, 0.3) is 11.1 Å². The number of rotatable bonds is 5. The number of amides is 1. The fourth-order valence-corrected chi connectivity index (χ4v) is 5.21. The van der Waals surface area contributed by atoms with Gasteiger partial charge in [0.25, 0.3) is 5.91 Å². The van der Waals surface area contributed by atoms with Crippen LogP contribution in [0, 0.1) is 0 Å². The summed E-state index contributed by atoms with van der Waals surface area (Å²) in [5.74, 6) is -0.243. The molecule has 0 aromatic heterocycles. The fraction of sp³-hybridized carbons (Fsp3) is 0.174. The first kappa shape index (κ1) is 20.6. The zero-order valence-electron chi connectivity index (χ0n) is 16.2. The molecule has 0 saturated carbocycles. The van der Waals surface area contributed by atoms with E-state index in [0.717, 1.165) is 24.0 Å². The quantitative estimate of drug-likeness (QED) is 0.604. The Hall–Kier alpha value is -2.67. The molecule has 0 spiro atoms. The number of anilines is 1. The third kappa shape index (κ3) is 4.41. The molecular weight excluding hydrogens is 420 g/mol. The van der Waals surface area contributed by atoms with Gasteiger partial charge in [0.05, 0.1) is 4.90 Å². The Morgan fingerprint density at radius 1 is 0.867 bits per heavy atom. The number of nitrogens with one attached hydrogen (secondary N) is 1. The highest BCUT2D eigenvalue weighted by molar-refractivity contribution is 7.89. The van der Waals surface area contributed by atoms with Crippen molar-refractivity contribution < 1.29 is 13.2 Å². The second kappa shape index (κ2) is 8.60. The Morgan fingerprint density at radius 3 is 2.27 bits per heavy atom. The molecule has 0 radical (unpaired) electrons. The Bertz CT molecular complexity index is 1170. The van der Waals surface area contributed by atoms with Crippen LogP contribution in [0.5, 0.6) is 0 Å². The predicted octanol–water partition coefficient (Wildman–Crippen LogP) is 5.04. The fourth-order valence-electron chi connectivity index (χ4n) is 3.51. The van der Waals surface area contributed by atoms with Crippen LogP contribution < -0.4 is 5.32 Å². The Kier molecular flexibility index (Phi) is 5.90. The number of carbonyl (C=O) groups excluding carboxylic acids is 1. The smallest absolute Gasteiger partial charge is 0.255 e. The van der Waals surface area contributed by atoms with Crippen molar-refractivity contribution in [1.82, 2.24) is 4.31 Å². The topological polar surface area (TPSA) is 66.5 Å². The van der Waals surface area contributed by atoms with Crippen LogP contribution >= 0.6 is 11.6 Å².